The van der Waals surface area contributed by atoms with Crippen LogP contribution < -0.4 is 0 Å². The minimum absolute atomic E-state index is 0.0400. The first-order chi connectivity index (χ1) is 15.5. The van der Waals surface area contributed by atoms with Crippen molar-refractivity contribution >= 4 is 11.9 Å². The van der Waals surface area contributed by atoms with Crippen molar-refractivity contribution in [2.45, 2.75) is 44.0 Å². The zero-order valence-corrected chi connectivity index (χ0v) is 18.7. The standard InChI is InChI=1S/C26H32N2O4/c1-16-8-9-18-20(25(30)31-23(18)22-19(16)14-21-26(22,2)32-21)15-27-10-12-28(13-11-27)24(29)17-6-4-3-5-7-17/h3-7,18-23H,1,8-15H2,2H3/t18-,19-,20+,21+,22-,23-,26+/m0/s1. The van der Waals surface area contributed by atoms with Crippen LogP contribution in [0.5, 0.6) is 0 Å². The maximum atomic E-state index is 13.0. The molecule has 3 saturated heterocycles. The van der Waals surface area contributed by atoms with E-state index in [1.807, 2.05) is 35.2 Å². The molecule has 0 spiro atoms. The number of amides is 1. The number of fused-ring (bicyclic) bond motifs is 5. The molecule has 6 heteroatoms. The van der Waals surface area contributed by atoms with Gasteiger partial charge < -0.3 is 14.4 Å². The number of allylic oxidation sites excluding steroid dienone is 1. The SMILES string of the molecule is C=C1CC[C@@H]2[C@H](OC(=O)[C@@H]2CN2CCN(C(=O)c3ccccc3)CC2)[C@@H]2[C@H]1C[C@H]1O[C@@]21C. The molecule has 6 nitrogen and oxygen atoms in total. The van der Waals surface area contributed by atoms with Crippen molar-refractivity contribution in [1.82, 2.24) is 9.80 Å². The van der Waals surface area contributed by atoms with Gasteiger partial charge in [0.2, 0.25) is 0 Å². The Balaban J connectivity index is 1.12. The highest BCUT2D eigenvalue weighted by atomic mass is 16.6. The monoisotopic (exact) mass is 436 g/mol. The summed E-state index contributed by atoms with van der Waals surface area (Å²) >= 11 is 0. The Morgan fingerprint density at radius 3 is 2.69 bits per heavy atom. The Labute approximate surface area is 189 Å². The number of piperazine rings is 1. The molecule has 2 saturated carbocycles. The Morgan fingerprint density at radius 1 is 1.19 bits per heavy atom. The number of hydrogen-bond acceptors (Lipinski definition) is 5. The molecule has 0 aromatic heterocycles. The summed E-state index contributed by atoms with van der Waals surface area (Å²) in [6.45, 7) is 10.3. The smallest absolute Gasteiger partial charge is 0.310 e. The molecule has 7 atom stereocenters. The molecule has 170 valence electrons. The molecule has 0 unspecified atom stereocenters. The second-order valence-corrected chi connectivity index (χ2v) is 10.5. The summed E-state index contributed by atoms with van der Waals surface area (Å²) in [7, 11) is 0. The van der Waals surface area contributed by atoms with Gasteiger partial charge in [-0.1, -0.05) is 30.4 Å². The molecule has 3 heterocycles. The van der Waals surface area contributed by atoms with Gasteiger partial charge in [0.1, 0.15) is 6.10 Å². The van der Waals surface area contributed by atoms with Crippen LogP contribution >= 0.6 is 0 Å². The first-order valence-corrected chi connectivity index (χ1v) is 12.1. The topological polar surface area (TPSA) is 62.4 Å². The predicted molar refractivity (Wildman–Crippen MR) is 119 cm³/mol. The molecule has 2 aliphatic carbocycles. The van der Waals surface area contributed by atoms with Gasteiger partial charge in [0.05, 0.1) is 17.6 Å². The van der Waals surface area contributed by atoms with E-state index < -0.39 is 0 Å². The molecule has 0 N–H and O–H groups in total. The van der Waals surface area contributed by atoms with Gasteiger partial charge in [0, 0.05) is 50.1 Å². The number of hydrogen-bond donors (Lipinski definition) is 0. The van der Waals surface area contributed by atoms with Gasteiger partial charge >= 0.3 is 5.97 Å². The average Bonchev–Trinajstić information content (AvgIpc) is 3.29. The highest BCUT2D eigenvalue weighted by Crippen LogP contribution is 2.63. The van der Waals surface area contributed by atoms with Crippen molar-refractivity contribution < 1.29 is 19.1 Å². The van der Waals surface area contributed by atoms with Crippen LogP contribution in [0.2, 0.25) is 0 Å². The third kappa shape index (κ3) is 3.14. The van der Waals surface area contributed by atoms with Gasteiger partial charge in [-0.25, -0.2) is 0 Å². The van der Waals surface area contributed by atoms with Crippen molar-refractivity contribution in [2.75, 3.05) is 32.7 Å². The lowest BCUT2D eigenvalue weighted by Crippen LogP contribution is -2.50. The van der Waals surface area contributed by atoms with Gasteiger partial charge in [-0.3, -0.25) is 14.5 Å². The number of carbonyl (C=O) groups is 2. The maximum Gasteiger partial charge on any atom is 0.310 e. The van der Waals surface area contributed by atoms with Gasteiger partial charge in [-0.05, 0) is 44.2 Å². The fourth-order valence-electron chi connectivity index (χ4n) is 6.94. The third-order valence-corrected chi connectivity index (χ3v) is 8.85. The van der Waals surface area contributed by atoms with Gasteiger partial charge in [-0.15, -0.1) is 0 Å². The van der Waals surface area contributed by atoms with Crippen molar-refractivity contribution in [3.63, 3.8) is 0 Å². The van der Waals surface area contributed by atoms with Crippen molar-refractivity contribution in [3.05, 3.63) is 48.0 Å². The van der Waals surface area contributed by atoms with E-state index in [4.69, 9.17) is 9.47 Å². The molecule has 5 fully saturated rings. The van der Waals surface area contributed by atoms with Crippen LogP contribution in [-0.4, -0.2) is 72.2 Å². The van der Waals surface area contributed by atoms with Crippen molar-refractivity contribution in [3.8, 4) is 0 Å². The summed E-state index contributed by atoms with van der Waals surface area (Å²) in [5.74, 6) is 0.867. The van der Waals surface area contributed by atoms with Crippen LogP contribution in [0.25, 0.3) is 0 Å². The molecule has 1 amide bonds. The number of rotatable bonds is 3. The van der Waals surface area contributed by atoms with Gasteiger partial charge in [0.25, 0.3) is 5.91 Å². The number of epoxide rings is 1. The third-order valence-electron chi connectivity index (χ3n) is 8.85. The van der Waals surface area contributed by atoms with E-state index in [9.17, 15) is 9.59 Å². The van der Waals surface area contributed by atoms with E-state index in [0.29, 0.717) is 25.1 Å². The summed E-state index contributed by atoms with van der Waals surface area (Å²) in [5.41, 5.74) is 1.92. The molecule has 32 heavy (non-hydrogen) atoms. The number of esters is 1. The Bertz CT molecular complexity index is 940. The lowest BCUT2D eigenvalue weighted by Gasteiger charge is -2.36. The molecule has 1 aromatic rings. The zero-order valence-electron chi connectivity index (χ0n) is 18.7. The average molecular weight is 437 g/mol. The number of nitrogens with zero attached hydrogens (tertiary/aromatic N) is 2. The number of benzene rings is 1. The zero-order chi connectivity index (χ0) is 22.0. The van der Waals surface area contributed by atoms with E-state index in [1.54, 1.807) is 0 Å². The first-order valence-electron chi connectivity index (χ1n) is 12.1. The fraction of sp³-hybridized carbons (Fsp3) is 0.615. The summed E-state index contributed by atoms with van der Waals surface area (Å²) in [6, 6.07) is 9.46. The van der Waals surface area contributed by atoms with Gasteiger partial charge in [-0.2, -0.15) is 0 Å². The minimum Gasteiger partial charge on any atom is -0.461 e. The van der Waals surface area contributed by atoms with E-state index in [2.05, 4.69) is 18.4 Å². The lowest BCUT2D eigenvalue weighted by atomic mass is 9.77. The van der Waals surface area contributed by atoms with E-state index in [0.717, 1.165) is 44.5 Å². The summed E-state index contributed by atoms with van der Waals surface area (Å²) in [5, 5.41) is 0. The molecule has 6 rings (SSSR count). The molecule has 3 aliphatic heterocycles. The maximum absolute atomic E-state index is 13.0. The van der Waals surface area contributed by atoms with Crippen LogP contribution in [0.1, 0.15) is 36.5 Å². The molecule has 1 aromatic carbocycles. The number of carbonyl (C=O) groups excluding carboxylic acids is 2. The van der Waals surface area contributed by atoms with Crippen LogP contribution in [0.4, 0.5) is 0 Å². The summed E-state index contributed by atoms with van der Waals surface area (Å²) in [6.07, 6.45) is 3.25. The van der Waals surface area contributed by atoms with Crippen LogP contribution in [-0.2, 0) is 14.3 Å². The Hall–Kier alpha value is -2.18. The summed E-state index contributed by atoms with van der Waals surface area (Å²) < 4.78 is 12.1. The number of ether oxygens (including phenoxy) is 2. The minimum atomic E-state index is -0.139. The quantitative estimate of drug-likeness (QED) is 0.414. The van der Waals surface area contributed by atoms with E-state index in [-0.39, 0.29) is 41.3 Å². The van der Waals surface area contributed by atoms with E-state index in [1.165, 1.54) is 5.57 Å². The lowest BCUT2D eigenvalue weighted by molar-refractivity contribution is -0.147. The van der Waals surface area contributed by atoms with Crippen LogP contribution in [0, 0.1) is 23.7 Å². The molecule has 0 bridgehead atoms. The molecule has 0 radical (unpaired) electrons. The predicted octanol–water partition coefficient (Wildman–Crippen LogP) is 2.75. The summed E-state index contributed by atoms with van der Waals surface area (Å²) in [4.78, 5) is 30.0. The van der Waals surface area contributed by atoms with E-state index >= 15 is 0 Å². The van der Waals surface area contributed by atoms with Crippen LogP contribution in [0.3, 0.4) is 0 Å². The second kappa shape index (κ2) is 7.42. The Morgan fingerprint density at radius 2 is 1.94 bits per heavy atom. The largest absolute Gasteiger partial charge is 0.461 e. The Kier molecular flexibility index (Phi) is 4.74. The fourth-order valence-corrected chi connectivity index (χ4v) is 6.94. The van der Waals surface area contributed by atoms with Gasteiger partial charge in [0.15, 0.2) is 0 Å². The first kappa shape index (κ1) is 20.4. The highest BCUT2D eigenvalue weighted by Gasteiger charge is 2.71. The second-order valence-electron chi connectivity index (χ2n) is 10.5. The van der Waals surface area contributed by atoms with Crippen molar-refractivity contribution in [1.29, 1.82) is 0 Å². The molecule has 5 aliphatic rings. The highest BCUT2D eigenvalue weighted by molar-refractivity contribution is 5.94. The molecular weight excluding hydrogens is 404 g/mol. The molecular formula is C26H32N2O4. The normalized spacial score (nSPS) is 40.8. The van der Waals surface area contributed by atoms with Crippen LogP contribution in [0.15, 0.2) is 42.5 Å². The van der Waals surface area contributed by atoms with Crippen molar-refractivity contribution in [2.24, 2.45) is 23.7 Å².